The van der Waals surface area contributed by atoms with E-state index < -0.39 is 17.7 Å². The number of carbonyl (C=O) groups excluding carboxylic acids is 2. The fraction of sp³-hybridized carbons (Fsp3) is 0.174. The third-order valence-corrected chi connectivity index (χ3v) is 5.21. The molecule has 3 rings (SSSR count). The monoisotopic (exact) mass is 467 g/mol. The van der Waals surface area contributed by atoms with E-state index in [9.17, 15) is 9.59 Å². The van der Waals surface area contributed by atoms with Crippen LogP contribution in [0.5, 0.6) is 5.75 Å². The quantitative estimate of drug-likeness (QED) is 0.299. The number of hydrazone groups is 1. The zero-order valence-electron chi connectivity index (χ0n) is 16.7. The van der Waals surface area contributed by atoms with Crippen LogP contribution in [-0.2, 0) is 9.59 Å². The van der Waals surface area contributed by atoms with Gasteiger partial charge in [0.2, 0.25) is 5.91 Å². The largest absolute Gasteiger partial charge is 0.493 e. The number of hydrogen-bond acceptors (Lipinski definition) is 4. The lowest BCUT2D eigenvalue weighted by Gasteiger charge is -2.12. The fourth-order valence-corrected chi connectivity index (χ4v) is 3.25. The van der Waals surface area contributed by atoms with E-state index in [-0.39, 0.29) is 0 Å². The summed E-state index contributed by atoms with van der Waals surface area (Å²) in [5.41, 5.74) is 3.81. The van der Waals surface area contributed by atoms with E-state index in [4.69, 9.17) is 4.74 Å². The first kappa shape index (κ1) is 21.5. The summed E-state index contributed by atoms with van der Waals surface area (Å²) in [6.07, 6.45) is 1.55. The summed E-state index contributed by atoms with van der Waals surface area (Å²) in [4.78, 5) is 24.8. The van der Waals surface area contributed by atoms with E-state index in [0.29, 0.717) is 18.0 Å². The van der Waals surface area contributed by atoms with Crippen molar-refractivity contribution in [1.29, 1.82) is 0 Å². The summed E-state index contributed by atoms with van der Waals surface area (Å²) < 4.78 is 6.43. The second kappa shape index (κ2) is 10.0. The predicted molar refractivity (Wildman–Crippen MR) is 123 cm³/mol. The Morgan fingerprint density at radius 2 is 1.80 bits per heavy atom. The summed E-state index contributed by atoms with van der Waals surface area (Å²) >= 11 is 3.37. The van der Waals surface area contributed by atoms with Crippen molar-refractivity contribution in [2.45, 2.75) is 13.8 Å². The number of nitrogens with one attached hydrogen (secondary N) is 2. The van der Waals surface area contributed by atoms with Gasteiger partial charge in [-0.05, 0) is 58.7 Å². The van der Waals surface area contributed by atoms with Crippen LogP contribution in [0.2, 0.25) is 0 Å². The molecule has 0 saturated heterocycles. The molecule has 30 heavy (non-hydrogen) atoms. The second-order valence-corrected chi connectivity index (χ2v) is 7.41. The van der Waals surface area contributed by atoms with Gasteiger partial charge >= 0.3 is 0 Å². The third kappa shape index (κ3) is 5.04. The van der Waals surface area contributed by atoms with Gasteiger partial charge in [0, 0.05) is 10.0 Å². The highest BCUT2D eigenvalue weighted by molar-refractivity contribution is 9.10. The molecule has 154 valence electrons. The number of rotatable bonds is 7. The first-order valence-corrected chi connectivity index (χ1v) is 10.3. The lowest BCUT2D eigenvalue weighted by Crippen LogP contribution is -2.34. The number of carbonyl (C=O) groups is 2. The van der Waals surface area contributed by atoms with Crippen LogP contribution >= 0.6 is 15.9 Å². The maximum absolute atomic E-state index is 12.4. The lowest BCUT2D eigenvalue weighted by molar-refractivity contribution is -0.131. The van der Waals surface area contributed by atoms with Gasteiger partial charge in [0.25, 0.3) is 5.91 Å². The van der Waals surface area contributed by atoms with Gasteiger partial charge in [-0.1, -0.05) is 42.5 Å². The smallest absolute Gasteiger partial charge is 0.252 e. The van der Waals surface area contributed by atoms with Crippen molar-refractivity contribution in [2.24, 2.45) is 11.0 Å². The minimum atomic E-state index is -0.923. The molecule has 0 aliphatic carbocycles. The molecule has 7 heteroatoms. The molecule has 0 aliphatic rings. The minimum absolute atomic E-state index is 0.422. The van der Waals surface area contributed by atoms with Crippen molar-refractivity contribution in [3.63, 3.8) is 0 Å². The van der Waals surface area contributed by atoms with E-state index in [1.165, 1.54) is 6.92 Å². The number of nitrogens with zero attached hydrogens (tertiary/aromatic N) is 1. The molecule has 6 nitrogen and oxygen atoms in total. The summed E-state index contributed by atoms with van der Waals surface area (Å²) in [5.74, 6) is -1.18. The van der Waals surface area contributed by atoms with Gasteiger partial charge in [0.05, 0.1) is 18.5 Å². The Kier molecular flexibility index (Phi) is 7.19. The molecule has 0 aliphatic heterocycles. The van der Waals surface area contributed by atoms with Gasteiger partial charge < -0.3 is 10.1 Å². The zero-order chi connectivity index (χ0) is 21.5. The van der Waals surface area contributed by atoms with Gasteiger partial charge in [0.1, 0.15) is 11.7 Å². The predicted octanol–water partition coefficient (Wildman–Crippen LogP) is 4.73. The number of ether oxygens (including phenoxy) is 1. The van der Waals surface area contributed by atoms with Gasteiger partial charge in [-0.3, -0.25) is 9.59 Å². The Balaban J connectivity index is 1.71. The average Bonchev–Trinajstić information content (AvgIpc) is 2.76. The average molecular weight is 468 g/mol. The normalized spacial score (nSPS) is 12.0. The highest BCUT2D eigenvalue weighted by Crippen LogP contribution is 2.26. The highest BCUT2D eigenvalue weighted by atomic mass is 79.9. The molecule has 1 atom stereocenters. The molecule has 0 radical (unpaired) electrons. The molecule has 0 saturated carbocycles. The number of amides is 2. The maximum atomic E-state index is 12.4. The Morgan fingerprint density at radius 1 is 1.07 bits per heavy atom. The molecule has 0 aromatic heterocycles. The van der Waals surface area contributed by atoms with E-state index in [0.717, 1.165) is 20.8 Å². The lowest BCUT2D eigenvalue weighted by atomic mass is 10.0. The number of hydrogen-bond donors (Lipinski definition) is 2. The van der Waals surface area contributed by atoms with Crippen molar-refractivity contribution < 1.29 is 14.3 Å². The molecule has 3 aromatic carbocycles. The Labute approximate surface area is 183 Å². The Hall–Kier alpha value is -3.19. The van der Waals surface area contributed by atoms with E-state index in [2.05, 4.69) is 31.8 Å². The highest BCUT2D eigenvalue weighted by Gasteiger charge is 2.21. The van der Waals surface area contributed by atoms with Gasteiger partial charge in [0.15, 0.2) is 0 Å². The van der Waals surface area contributed by atoms with Crippen molar-refractivity contribution in [2.75, 3.05) is 11.9 Å². The number of para-hydroxylation sites is 1. The molecular formula is C23H22BrN3O3. The Morgan fingerprint density at radius 3 is 2.57 bits per heavy atom. The summed E-state index contributed by atoms with van der Waals surface area (Å²) in [6, 6.07) is 18.9. The standard InChI is InChI=1S/C23H22BrN3O3/c1-3-30-21-13-12-16-8-4-5-9-17(16)18(21)14-25-27-23(29)15(2)22(28)26-20-11-7-6-10-19(20)24/h4-15H,3H2,1-2H3,(H,26,28)(H,27,29). The van der Waals surface area contributed by atoms with E-state index >= 15 is 0 Å². The number of fused-ring (bicyclic) bond motifs is 1. The molecule has 3 aromatic rings. The van der Waals surface area contributed by atoms with Crippen LogP contribution in [0.15, 0.2) is 70.2 Å². The van der Waals surface area contributed by atoms with E-state index in [1.807, 2.05) is 55.5 Å². The Bertz CT molecular complexity index is 1100. The van der Waals surface area contributed by atoms with Crippen LogP contribution in [-0.4, -0.2) is 24.6 Å². The van der Waals surface area contributed by atoms with Gasteiger partial charge in [-0.25, -0.2) is 5.43 Å². The minimum Gasteiger partial charge on any atom is -0.493 e. The molecule has 0 bridgehead atoms. The van der Waals surface area contributed by atoms with Crippen molar-refractivity contribution in [3.05, 3.63) is 70.7 Å². The van der Waals surface area contributed by atoms with Crippen LogP contribution < -0.4 is 15.5 Å². The summed E-state index contributed by atoms with van der Waals surface area (Å²) in [5, 5.41) is 8.80. The third-order valence-electron chi connectivity index (χ3n) is 4.52. The first-order valence-electron chi connectivity index (χ1n) is 9.54. The fourth-order valence-electron chi connectivity index (χ4n) is 2.87. The SMILES string of the molecule is CCOc1ccc2ccccc2c1C=NNC(=O)C(C)C(=O)Nc1ccccc1Br. The van der Waals surface area contributed by atoms with Crippen molar-refractivity contribution >= 4 is 50.4 Å². The topological polar surface area (TPSA) is 79.8 Å². The van der Waals surface area contributed by atoms with Crippen molar-refractivity contribution in [3.8, 4) is 5.75 Å². The van der Waals surface area contributed by atoms with Gasteiger partial charge in [-0.15, -0.1) is 0 Å². The molecule has 0 heterocycles. The van der Waals surface area contributed by atoms with Gasteiger partial charge in [-0.2, -0.15) is 5.10 Å². The molecule has 2 amide bonds. The van der Waals surface area contributed by atoms with Crippen LogP contribution in [0.25, 0.3) is 10.8 Å². The van der Waals surface area contributed by atoms with E-state index in [1.54, 1.807) is 18.3 Å². The summed E-state index contributed by atoms with van der Waals surface area (Å²) in [6.45, 7) is 3.95. The van der Waals surface area contributed by atoms with Crippen LogP contribution in [0, 0.1) is 5.92 Å². The molecule has 1 unspecified atom stereocenters. The first-order chi connectivity index (χ1) is 14.5. The number of halogens is 1. The molecule has 0 spiro atoms. The van der Waals surface area contributed by atoms with Crippen molar-refractivity contribution in [1.82, 2.24) is 5.43 Å². The second-order valence-electron chi connectivity index (χ2n) is 6.56. The molecule has 2 N–H and O–H groups in total. The summed E-state index contributed by atoms with van der Waals surface area (Å²) in [7, 11) is 0. The van der Waals surface area contributed by atoms with Crippen LogP contribution in [0.4, 0.5) is 5.69 Å². The molecular weight excluding hydrogens is 446 g/mol. The number of anilines is 1. The van der Waals surface area contributed by atoms with Crippen LogP contribution in [0.3, 0.4) is 0 Å². The number of benzene rings is 3. The maximum Gasteiger partial charge on any atom is 0.252 e. The van der Waals surface area contributed by atoms with Crippen LogP contribution in [0.1, 0.15) is 19.4 Å². The zero-order valence-corrected chi connectivity index (χ0v) is 18.3. The molecule has 0 fully saturated rings.